The molecule has 37 heavy (non-hydrogen) atoms. The van der Waals surface area contributed by atoms with E-state index in [0.29, 0.717) is 12.8 Å². The number of nitrogens with zero attached hydrogens (tertiary/aromatic N) is 1. The van der Waals surface area contributed by atoms with Crippen LogP contribution >= 0.6 is 0 Å². The molecule has 3 fully saturated rings. The molecule has 2 aromatic carbocycles. The van der Waals surface area contributed by atoms with Crippen LogP contribution in [0.15, 0.2) is 60.7 Å². The second-order valence-corrected chi connectivity index (χ2v) is 16.5. The van der Waals surface area contributed by atoms with Gasteiger partial charge in [0, 0.05) is 6.61 Å². The van der Waals surface area contributed by atoms with E-state index in [1.165, 1.54) is 10.4 Å². The second kappa shape index (κ2) is 9.62. The molecule has 0 bridgehead atoms. The summed E-state index contributed by atoms with van der Waals surface area (Å²) >= 11 is 0. The van der Waals surface area contributed by atoms with Gasteiger partial charge in [-0.3, -0.25) is 0 Å². The van der Waals surface area contributed by atoms with E-state index < -0.39 is 24.9 Å². The van der Waals surface area contributed by atoms with E-state index in [-0.39, 0.29) is 17.4 Å². The van der Waals surface area contributed by atoms with Gasteiger partial charge in [0.25, 0.3) is 8.32 Å². The number of nitrogens with two attached hydrogens (primary N) is 1. The molecule has 6 heteroatoms. The van der Waals surface area contributed by atoms with Gasteiger partial charge in [-0.2, -0.15) is 5.26 Å². The number of hydrogen-bond donors (Lipinski definition) is 1. The van der Waals surface area contributed by atoms with E-state index in [0.717, 1.165) is 38.7 Å². The van der Waals surface area contributed by atoms with Crippen molar-refractivity contribution in [2.24, 2.45) is 11.1 Å². The summed E-state index contributed by atoms with van der Waals surface area (Å²) in [4.78, 5) is 0. The van der Waals surface area contributed by atoms with Crippen LogP contribution in [0.25, 0.3) is 0 Å². The van der Waals surface area contributed by atoms with Gasteiger partial charge in [-0.15, -0.1) is 0 Å². The van der Waals surface area contributed by atoms with E-state index in [2.05, 4.69) is 94.4 Å². The lowest BCUT2D eigenvalue weighted by atomic mass is 9.73. The van der Waals surface area contributed by atoms with Gasteiger partial charge in [-0.1, -0.05) is 88.4 Å². The Labute approximate surface area is 223 Å². The molecular weight excluding hydrogens is 476 g/mol. The van der Waals surface area contributed by atoms with Crippen LogP contribution in [0.4, 0.5) is 0 Å². The molecule has 0 aromatic heterocycles. The molecule has 4 atom stereocenters. The fourth-order valence-corrected chi connectivity index (χ4v) is 11.6. The molecule has 0 amide bonds. The van der Waals surface area contributed by atoms with Crippen molar-refractivity contribution < 1.29 is 13.9 Å². The lowest BCUT2D eigenvalue weighted by Gasteiger charge is -2.46. The standard InChI is InChI=1S/C31H42N2O3Si/c1-5-31(33,30(19-20-30)35-27-18-12-13-21-34-27)29(23-32)22-26(29)36-37(28(2,3)4,24-14-8-6-9-15-24)25-16-10-7-11-17-25/h6-11,14-17,26-27H,5,12-13,18-22,33H2,1-4H3/t26?,27?,29-,31?/m1/s1. The molecule has 5 rings (SSSR count). The van der Waals surface area contributed by atoms with E-state index in [1.54, 1.807) is 0 Å². The van der Waals surface area contributed by atoms with Gasteiger partial charge in [-0.25, -0.2) is 0 Å². The van der Waals surface area contributed by atoms with E-state index in [1.807, 2.05) is 0 Å². The van der Waals surface area contributed by atoms with Crippen molar-refractivity contribution in [1.82, 2.24) is 0 Å². The first-order valence-corrected chi connectivity index (χ1v) is 15.9. The van der Waals surface area contributed by atoms with Crippen LogP contribution in [0.2, 0.25) is 5.04 Å². The minimum Gasteiger partial charge on any atom is -0.403 e. The Morgan fingerprint density at radius 2 is 1.62 bits per heavy atom. The zero-order chi connectivity index (χ0) is 26.4. The Morgan fingerprint density at radius 3 is 2.05 bits per heavy atom. The molecule has 0 radical (unpaired) electrons. The minimum absolute atomic E-state index is 0.160. The Bertz CT molecular complexity index is 1080. The summed E-state index contributed by atoms with van der Waals surface area (Å²) in [5, 5.41) is 13.0. The molecule has 2 aromatic rings. The summed E-state index contributed by atoms with van der Waals surface area (Å²) in [7, 11) is -2.80. The van der Waals surface area contributed by atoms with Crippen molar-refractivity contribution in [3.63, 3.8) is 0 Å². The number of ether oxygens (including phenoxy) is 2. The lowest BCUT2D eigenvalue weighted by Crippen LogP contribution is -2.68. The van der Waals surface area contributed by atoms with Crippen molar-refractivity contribution in [2.75, 3.05) is 6.61 Å². The van der Waals surface area contributed by atoms with Crippen LogP contribution in [0.3, 0.4) is 0 Å². The Hall–Kier alpha value is -2.01. The zero-order valence-electron chi connectivity index (χ0n) is 22.8. The van der Waals surface area contributed by atoms with E-state index in [4.69, 9.17) is 19.6 Å². The minimum atomic E-state index is -2.80. The third-order valence-corrected chi connectivity index (χ3v) is 14.2. The fraction of sp³-hybridized carbons (Fsp3) is 0.581. The van der Waals surface area contributed by atoms with Crippen molar-refractivity contribution >= 4 is 18.7 Å². The maximum absolute atomic E-state index is 10.8. The van der Waals surface area contributed by atoms with Crippen molar-refractivity contribution in [3.05, 3.63) is 60.7 Å². The topological polar surface area (TPSA) is 77.5 Å². The van der Waals surface area contributed by atoms with Crippen molar-refractivity contribution in [3.8, 4) is 6.07 Å². The summed E-state index contributed by atoms with van der Waals surface area (Å²) < 4.78 is 20.0. The highest BCUT2D eigenvalue weighted by Crippen LogP contribution is 2.66. The first kappa shape index (κ1) is 26.6. The van der Waals surface area contributed by atoms with Gasteiger partial charge >= 0.3 is 0 Å². The molecule has 198 valence electrons. The van der Waals surface area contributed by atoms with Gasteiger partial charge in [0.1, 0.15) is 5.41 Å². The SMILES string of the molecule is CCC(N)(C1(OC2CCCCO2)CC1)[C@@]1(C#N)CC1O[Si](c1ccccc1)(c1ccccc1)C(C)(C)C. The predicted octanol–water partition coefficient (Wildman–Crippen LogP) is 5.03. The predicted molar refractivity (Wildman–Crippen MR) is 149 cm³/mol. The van der Waals surface area contributed by atoms with E-state index >= 15 is 0 Å². The molecule has 1 saturated heterocycles. The molecule has 2 saturated carbocycles. The summed E-state index contributed by atoms with van der Waals surface area (Å²) in [6, 6.07) is 24.0. The van der Waals surface area contributed by atoms with Crippen molar-refractivity contribution in [1.29, 1.82) is 5.26 Å². The normalized spacial score (nSPS) is 28.6. The number of nitriles is 1. The van der Waals surface area contributed by atoms with Gasteiger partial charge in [0.2, 0.25) is 0 Å². The van der Waals surface area contributed by atoms with Gasteiger partial charge < -0.3 is 19.6 Å². The highest BCUT2D eigenvalue weighted by Gasteiger charge is 2.77. The number of hydrogen-bond acceptors (Lipinski definition) is 5. The Balaban J connectivity index is 1.53. The third kappa shape index (κ3) is 4.20. The maximum atomic E-state index is 10.8. The van der Waals surface area contributed by atoms with Crippen LogP contribution in [0.1, 0.15) is 72.6 Å². The van der Waals surface area contributed by atoms with Crippen molar-refractivity contribution in [2.45, 2.75) is 101 Å². The smallest absolute Gasteiger partial charge is 0.261 e. The summed E-state index contributed by atoms with van der Waals surface area (Å²) in [6.07, 6.45) is 5.63. The molecule has 2 aliphatic carbocycles. The van der Waals surface area contributed by atoms with Crippen LogP contribution < -0.4 is 16.1 Å². The van der Waals surface area contributed by atoms with Gasteiger partial charge in [0.05, 0.1) is 23.3 Å². The summed E-state index contributed by atoms with van der Waals surface area (Å²) in [6.45, 7) is 9.65. The summed E-state index contributed by atoms with van der Waals surface area (Å²) in [5.41, 5.74) is 5.22. The Morgan fingerprint density at radius 1 is 1.03 bits per heavy atom. The number of rotatable bonds is 9. The Kier molecular flexibility index (Phi) is 6.92. The average molecular weight is 519 g/mol. The zero-order valence-corrected chi connectivity index (χ0v) is 23.8. The molecule has 0 spiro atoms. The van der Waals surface area contributed by atoms with Crippen LogP contribution in [-0.4, -0.2) is 38.5 Å². The highest BCUT2D eigenvalue weighted by molar-refractivity contribution is 6.99. The lowest BCUT2D eigenvalue weighted by molar-refractivity contribution is -0.217. The maximum Gasteiger partial charge on any atom is 0.261 e. The molecule has 2 N–H and O–H groups in total. The van der Waals surface area contributed by atoms with Gasteiger partial charge in [-0.05, 0) is 60.4 Å². The molecule has 5 nitrogen and oxygen atoms in total. The van der Waals surface area contributed by atoms with E-state index in [9.17, 15) is 5.26 Å². The summed E-state index contributed by atoms with van der Waals surface area (Å²) in [5.74, 6) is 0. The van der Waals surface area contributed by atoms with Crippen LogP contribution in [0.5, 0.6) is 0 Å². The quantitative estimate of drug-likeness (QED) is 0.471. The van der Waals surface area contributed by atoms with Gasteiger partial charge in [0.15, 0.2) is 6.29 Å². The molecule has 3 unspecified atom stereocenters. The fourth-order valence-electron chi connectivity index (χ4n) is 6.85. The third-order valence-electron chi connectivity index (χ3n) is 9.20. The largest absolute Gasteiger partial charge is 0.403 e. The first-order valence-electron chi connectivity index (χ1n) is 14.0. The second-order valence-electron chi connectivity index (χ2n) is 12.3. The molecular formula is C31H42N2O3Si. The first-order chi connectivity index (χ1) is 17.7. The molecule has 1 heterocycles. The highest BCUT2D eigenvalue weighted by atomic mass is 28.4. The molecule has 3 aliphatic rings. The van der Waals surface area contributed by atoms with Crippen LogP contribution in [0, 0.1) is 16.7 Å². The molecule has 1 aliphatic heterocycles. The van der Waals surface area contributed by atoms with Crippen LogP contribution in [-0.2, 0) is 13.9 Å². The average Bonchev–Trinajstić information content (AvgIpc) is 3.84. The monoisotopic (exact) mass is 518 g/mol. The number of benzene rings is 2.